The number of hydrogen-bond acceptors (Lipinski definition) is 5. The smallest absolute Gasteiger partial charge is 0.191 e. The highest BCUT2D eigenvalue weighted by Gasteiger charge is 2.20. The van der Waals surface area contributed by atoms with Crippen molar-refractivity contribution >= 4 is 53.0 Å². The van der Waals surface area contributed by atoms with Crippen LogP contribution in [0.2, 0.25) is 0 Å². The summed E-state index contributed by atoms with van der Waals surface area (Å²) in [6.07, 6.45) is 4.58. The van der Waals surface area contributed by atoms with Crippen LogP contribution in [0.4, 0.5) is 0 Å². The molecule has 5 nitrogen and oxygen atoms in total. The quantitative estimate of drug-likeness (QED) is 0.200. The molecule has 1 fully saturated rings. The highest BCUT2D eigenvalue weighted by atomic mass is 127. The fourth-order valence-electron chi connectivity index (χ4n) is 3.79. The molecule has 0 saturated carbocycles. The lowest BCUT2D eigenvalue weighted by Gasteiger charge is -2.31. The lowest BCUT2D eigenvalue weighted by atomic mass is 9.97. The van der Waals surface area contributed by atoms with Crippen molar-refractivity contribution in [3.05, 3.63) is 45.4 Å². The van der Waals surface area contributed by atoms with Gasteiger partial charge >= 0.3 is 0 Å². The van der Waals surface area contributed by atoms with Gasteiger partial charge in [0.05, 0.1) is 17.2 Å². The molecular formula is C23H36IN5S2. The Labute approximate surface area is 212 Å². The summed E-state index contributed by atoms with van der Waals surface area (Å²) in [7, 11) is 0. The topological polar surface area (TPSA) is 52.6 Å². The SMILES string of the molecule is CCNC(=NCc1ccc(C)cc1SC)NCC1CCN(Cc2csc(C)n2)CC1.I. The summed E-state index contributed by atoms with van der Waals surface area (Å²) in [5.74, 6) is 1.62. The van der Waals surface area contributed by atoms with Gasteiger partial charge in [-0.25, -0.2) is 9.98 Å². The first-order valence-corrected chi connectivity index (χ1v) is 13.0. The minimum atomic E-state index is 0. The zero-order valence-electron chi connectivity index (χ0n) is 19.1. The average molecular weight is 574 g/mol. The fourth-order valence-corrected chi connectivity index (χ4v) is 5.09. The Morgan fingerprint density at radius 1 is 1.26 bits per heavy atom. The number of likely N-dealkylation sites (tertiary alicyclic amines) is 1. The Hall–Kier alpha value is -0.840. The van der Waals surface area contributed by atoms with Crippen LogP contribution < -0.4 is 10.6 Å². The number of thiazole rings is 1. The Morgan fingerprint density at radius 2 is 2.03 bits per heavy atom. The number of halogens is 1. The number of nitrogens with one attached hydrogen (secondary N) is 2. The summed E-state index contributed by atoms with van der Waals surface area (Å²) < 4.78 is 0. The summed E-state index contributed by atoms with van der Waals surface area (Å²) in [5, 5.41) is 10.3. The first kappa shape index (κ1) is 26.4. The highest BCUT2D eigenvalue weighted by Crippen LogP contribution is 2.23. The Morgan fingerprint density at radius 3 is 2.68 bits per heavy atom. The van der Waals surface area contributed by atoms with Gasteiger partial charge in [0.1, 0.15) is 0 Å². The lowest BCUT2D eigenvalue weighted by molar-refractivity contribution is 0.176. The predicted molar refractivity (Wildman–Crippen MR) is 146 cm³/mol. The molecule has 8 heteroatoms. The Kier molecular flexibility index (Phi) is 11.6. The summed E-state index contributed by atoms with van der Waals surface area (Å²) in [5.41, 5.74) is 3.81. The van der Waals surface area contributed by atoms with Crippen molar-refractivity contribution in [2.45, 2.75) is 51.6 Å². The summed E-state index contributed by atoms with van der Waals surface area (Å²) >= 11 is 3.54. The summed E-state index contributed by atoms with van der Waals surface area (Å²) in [6, 6.07) is 6.62. The van der Waals surface area contributed by atoms with Gasteiger partial charge in [0, 0.05) is 29.9 Å². The van der Waals surface area contributed by atoms with Crippen LogP contribution in [0.25, 0.3) is 0 Å². The van der Waals surface area contributed by atoms with Crippen molar-refractivity contribution in [1.29, 1.82) is 0 Å². The van der Waals surface area contributed by atoms with Gasteiger partial charge in [-0.2, -0.15) is 0 Å². The number of benzene rings is 1. The lowest BCUT2D eigenvalue weighted by Crippen LogP contribution is -2.42. The molecular weight excluding hydrogens is 537 g/mol. The van der Waals surface area contributed by atoms with Crippen LogP contribution in [0.15, 0.2) is 33.5 Å². The van der Waals surface area contributed by atoms with E-state index in [0.717, 1.165) is 43.7 Å². The molecule has 0 amide bonds. The molecule has 1 aliphatic rings. The minimum absolute atomic E-state index is 0. The molecule has 172 valence electrons. The standard InChI is InChI=1S/C23H35N5S2.HI/c1-5-24-23(26-14-20-7-6-17(2)12-22(20)29-4)25-13-19-8-10-28(11-9-19)15-21-16-30-18(3)27-21;/h6-7,12,16,19H,5,8-11,13-15H2,1-4H3,(H2,24,25,26);1H. The minimum Gasteiger partial charge on any atom is -0.357 e. The third kappa shape index (κ3) is 8.55. The molecule has 0 bridgehead atoms. The van der Waals surface area contributed by atoms with E-state index >= 15 is 0 Å². The second kappa shape index (κ2) is 13.6. The maximum absolute atomic E-state index is 4.84. The molecule has 1 aliphatic heterocycles. The van der Waals surface area contributed by atoms with Crippen LogP contribution in [-0.2, 0) is 13.1 Å². The first-order valence-electron chi connectivity index (χ1n) is 10.9. The van der Waals surface area contributed by atoms with Gasteiger partial charge in [0.25, 0.3) is 0 Å². The third-order valence-corrected chi connectivity index (χ3v) is 7.15. The van der Waals surface area contributed by atoms with Gasteiger partial charge in [0.15, 0.2) is 5.96 Å². The third-order valence-electron chi connectivity index (χ3n) is 5.51. The van der Waals surface area contributed by atoms with Gasteiger partial charge in [-0.3, -0.25) is 4.90 Å². The molecule has 2 aromatic rings. The average Bonchev–Trinajstić information content (AvgIpc) is 3.16. The van der Waals surface area contributed by atoms with E-state index in [1.807, 2.05) is 0 Å². The number of hydrogen-bond donors (Lipinski definition) is 2. The van der Waals surface area contributed by atoms with E-state index in [1.165, 1.54) is 34.6 Å². The largest absolute Gasteiger partial charge is 0.357 e. The van der Waals surface area contributed by atoms with Crippen molar-refractivity contribution < 1.29 is 0 Å². The second-order valence-corrected chi connectivity index (χ2v) is 9.88. The Bertz CT molecular complexity index is 831. The molecule has 2 N–H and O–H groups in total. The number of aromatic nitrogens is 1. The van der Waals surface area contributed by atoms with Gasteiger partial charge in [-0.05, 0) is 76.1 Å². The maximum atomic E-state index is 4.84. The number of piperidine rings is 1. The fraction of sp³-hybridized carbons (Fsp3) is 0.565. The van der Waals surface area contributed by atoms with E-state index in [2.05, 4.69) is 71.1 Å². The first-order chi connectivity index (χ1) is 14.6. The molecule has 1 saturated heterocycles. The molecule has 1 aromatic heterocycles. The van der Waals surface area contributed by atoms with E-state index in [4.69, 9.17) is 4.99 Å². The molecule has 2 heterocycles. The maximum Gasteiger partial charge on any atom is 0.191 e. The van der Waals surface area contributed by atoms with E-state index in [9.17, 15) is 0 Å². The number of aliphatic imine (C=N–C) groups is 1. The number of thioether (sulfide) groups is 1. The number of rotatable bonds is 8. The number of aryl methyl sites for hydroxylation is 2. The molecule has 0 radical (unpaired) electrons. The molecule has 0 unspecified atom stereocenters. The zero-order valence-corrected chi connectivity index (χ0v) is 23.1. The van der Waals surface area contributed by atoms with Crippen molar-refractivity contribution in [2.24, 2.45) is 10.9 Å². The highest BCUT2D eigenvalue weighted by molar-refractivity contribution is 14.0. The van der Waals surface area contributed by atoms with Gasteiger partial charge < -0.3 is 10.6 Å². The molecule has 0 aliphatic carbocycles. The van der Waals surface area contributed by atoms with Crippen LogP contribution >= 0.6 is 47.1 Å². The van der Waals surface area contributed by atoms with Crippen molar-refractivity contribution in [3.8, 4) is 0 Å². The van der Waals surface area contributed by atoms with E-state index in [1.54, 1.807) is 23.1 Å². The van der Waals surface area contributed by atoms with Crippen LogP contribution in [-0.4, -0.2) is 48.3 Å². The van der Waals surface area contributed by atoms with E-state index < -0.39 is 0 Å². The monoisotopic (exact) mass is 573 g/mol. The molecule has 0 atom stereocenters. The predicted octanol–water partition coefficient (Wildman–Crippen LogP) is 5.07. The zero-order chi connectivity index (χ0) is 21.3. The normalized spacial score (nSPS) is 15.5. The van der Waals surface area contributed by atoms with Crippen LogP contribution in [0.3, 0.4) is 0 Å². The molecule has 3 rings (SSSR count). The Balaban J connectivity index is 0.00000341. The van der Waals surface area contributed by atoms with Gasteiger partial charge in [-0.15, -0.1) is 47.1 Å². The molecule has 1 aromatic carbocycles. The molecule has 0 spiro atoms. The van der Waals surface area contributed by atoms with Crippen molar-refractivity contribution in [3.63, 3.8) is 0 Å². The number of guanidine groups is 1. The number of nitrogens with zero attached hydrogens (tertiary/aromatic N) is 3. The molecule has 31 heavy (non-hydrogen) atoms. The summed E-state index contributed by atoms with van der Waals surface area (Å²) in [6.45, 7) is 12.2. The van der Waals surface area contributed by atoms with Crippen LogP contribution in [0, 0.1) is 19.8 Å². The second-order valence-electron chi connectivity index (χ2n) is 7.97. The van der Waals surface area contributed by atoms with Gasteiger partial charge in [-0.1, -0.05) is 12.1 Å². The van der Waals surface area contributed by atoms with Gasteiger partial charge in [0.2, 0.25) is 0 Å². The van der Waals surface area contributed by atoms with E-state index in [0.29, 0.717) is 12.5 Å². The summed E-state index contributed by atoms with van der Waals surface area (Å²) in [4.78, 5) is 13.3. The van der Waals surface area contributed by atoms with Crippen molar-refractivity contribution in [1.82, 2.24) is 20.5 Å². The van der Waals surface area contributed by atoms with Crippen LogP contribution in [0.5, 0.6) is 0 Å². The van der Waals surface area contributed by atoms with Crippen LogP contribution in [0.1, 0.15) is 41.6 Å². The van der Waals surface area contributed by atoms with E-state index in [-0.39, 0.29) is 24.0 Å². The van der Waals surface area contributed by atoms with Crippen molar-refractivity contribution in [2.75, 3.05) is 32.4 Å².